The van der Waals surface area contributed by atoms with Crippen LogP contribution in [0.2, 0.25) is 0 Å². The summed E-state index contributed by atoms with van der Waals surface area (Å²) in [7, 11) is 0. The van der Waals surface area contributed by atoms with Gasteiger partial charge in [0.05, 0.1) is 0 Å². The maximum absolute atomic E-state index is 2.23. The van der Waals surface area contributed by atoms with Gasteiger partial charge >= 0.3 is 0 Å². The van der Waals surface area contributed by atoms with Crippen molar-refractivity contribution in [3.05, 3.63) is 24.5 Å². The van der Waals surface area contributed by atoms with Gasteiger partial charge in [0.15, 0.2) is 0 Å². The maximum atomic E-state index is 2.23. The van der Waals surface area contributed by atoms with Gasteiger partial charge in [-0.3, -0.25) is 0 Å². The van der Waals surface area contributed by atoms with Crippen LogP contribution in [0.3, 0.4) is 0 Å². The predicted molar refractivity (Wildman–Crippen MR) is 40.7 cm³/mol. The lowest BCUT2D eigenvalue weighted by molar-refractivity contribution is 1.28. The molecule has 2 heteroatoms. The molecular weight excluding hydrogens is 118 g/mol. The second kappa shape index (κ2) is 2.27. The average molecular weight is 129 g/mol. The molecule has 0 spiro atoms. The predicted octanol–water partition coefficient (Wildman–Crippen LogP) is 1.51. The third kappa shape index (κ3) is 1.07. The van der Waals surface area contributed by atoms with Gasteiger partial charge in [-0.25, -0.2) is 0 Å². The topological polar surface area (TPSA) is 4.93 Å². The molecule has 0 fully saturated rings. The Hall–Kier alpha value is -0.370. The van der Waals surface area contributed by atoms with E-state index in [1.807, 2.05) is 0 Å². The highest BCUT2D eigenvalue weighted by molar-refractivity contribution is 8.14. The van der Waals surface area contributed by atoms with Crippen molar-refractivity contribution >= 4 is 11.1 Å². The average Bonchev–Trinajstić information content (AvgIpc) is 2.12. The van der Waals surface area contributed by atoms with Gasteiger partial charge in [0, 0.05) is 12.4 Å². The molecule has 46 valence electrons. The number of aromatic nitrogens is 1. The van der Waals surface area contributed by atoms with Gasteiger partial charge in [0.2, 0.25) is 0 Å². The van der Waals surface area contributed by atoms with Crippen LogP contribution in [-0.2, 0) is 0 Å². The van der Waals surface area contributed by atoms with E-state index in [0.717, 1.165) is 0 Å². The number of hydrogen-bond donors (Lipinski definition) is 1. The molecule has 0 saturated heterocycles. The van der Waals surface area contributed by atoms with Crippen LogP contribution in [0.25, 0.3) is 0 Å². The highest BCUT2D eigenvalue weighted by Gasteiger charge is 1.85. The molecule has 0 aliphatic carbocycles. The summed E-state index contributed by atoms with van der Waals surface area (Å²) >= 11 is 0.0581. The molecule has 0 aromatic carbocycles. The fraction of sp³-hybridized carbons (Fsp3) is 0.333. The van der Waals surface area contributed by atoms with E-state index in [2.05, 4.69) is 41.0 Å². The van der Waals surface area contributed by atoms with Crippen molar-refractivity contribution in [2.75, 3.05) is 12.5 Å². The van der Waals surface area contributed by atoms with Gasteiger partial charge in [0.25, 0.3) is 0 Å². The van der Waals surface area contributed by atoms with Crippen molar-refractivity contribution < 1.29 is 0 Å². The van der Waals surface area contributed by atoms with E-state index in [-0.39, 0.29) is 11.1 Å². The summed E-state index contributed by atoms with van der Waals surface area (Å²) in [6.07, 6.45) is 8.67. The Balaban J connectivity index is 2.77. The van der Waals surface area contributed by atoms with Crippen molar-refractivity contribution in [2.24, 2.45) is 0 Å². The van der Waals surface area contributed by atoms with Crippen LogP contribution in [0.5, 0.6) is 0 Å². The maximum Gasteiger partial charge on any atom is 0.0136 e. The largest absolute Gasteiger partial charge is 0.320 e. The first-order chi connectivity index (χ1) is 3.80. The minimum absolute atomic E-state index is 0.0581. The fourth-order valence-corrected chi connectivity index (χ4v) is 1.28. The summed E-state index contributed by atoms with van der Waals surface area (Å²) < 4.78 is 2.23. The molecular formula is C6H11NS. The molecule has 0 bridgehead atoms. The molecule has 0 saturated carbocycles. The van der Waals surface area contributed by atoms with Crippen LogP contribution < -0.4 is 0 Å². The van der Waals surface area contributed by atoms with Crippen molar-refractivity contribution in [1.82, 2.24) is 3.97 Å². The van der Waals surface area contributed by atoms with Crippen molar-refractivity contribution in [2.45, 2.75) is 0 Å². The Kier molecular flexibility index (Phi) is 1.63. The van der Waals surface area contributed by atoms with Crippen LogP contribution in [0.15, 0.2) is 24.5 Å². The smallest absolute Gasteiger partial charge is 0.0136 e. The van der Waals surface area contributed by atoms with E-state index < -0.39 is 0 Å². The Morgan fingerprint density at radius 3 is 1.88 bits per heavy atom. The second-order valence-electron chi connectivity index (χ2n) is 1.91. The Labute approximate surface area is 52.8 Å². The monoisotopic (exact) mass is 129 g/mol. The molecule has 0 amide bonds. The van der Waals surface area contributed by atoms with E-state index in [1.54, 1.807) is 0 Å². The summed E-state index contributed by atoms with van der Waals surface area (Å²) in [6, 6.07) is 4.12. The summed E-state index contributed by atoms with van der Waals surface area (Å²) in [5.41, 5.74) is 0. The molecule has 1 aromatic rings. The zero-order valence-corrected chi connectivity index (χ0v) is 6.10. The van der Waals surface area contributed by atoms with Gasteiger partial charge < -0.3 is 3.97 Å². The molecule has 0 unspecified atom stereocenters. The van der Waals surface area contributed by atoms with Gasteiger partial charge in [-0.1, -0.05) is 0 Å². The quantitative estimate of drug-likeness (QED) is 0.548. The molecule has 1 nitrogen and oxygen atoms in total. The van der Waals surface area contributed by atoms with Crippen LogP contribution in [0, 0.1) is 0 Å². The number of hydrogen-bond acceptors (Lipinski definition) is 0. The lowest BCUT2D eigenvalue weighted by Gasteiger charge is -2.09. The molecule has 0 atom stereocenters. The number of thiol groups is 1. The van der Waals surface area contributed by atoms with Gasteiger partial charge in [-0.05, 0) is 24.6 Å². The minimum atomic E-state index is 0.0581. The lowest BCUT2D eigenvalue weighted by atomic mass is 10.7. The van der Waals surface area contributed by atoms with Crippen molar-refractivity contribution in [3.63, 3.8) is 0 Å². The molecule has 0 aliphatic heterocycles. The molecule has 8 heavy (non-hydrogen) atoms. The molecule has 0 N–H and O–H groups in total. The molecule has 0 radical (unpaired) electrons. The Morgan fingerprint density at radius 1 is 1.12 bits per heavy atom. The van der Waals surface area contributed by atoms with Crippen LogP contribution in [0.4, 0.5) is 0 Å². The van der Waals surface area contributed by atoms with E-state index in [0.29, 0.717) is 0 Å². The number of rotatable bonds is 1. The molecule has 0 aliphatic rings. The first kappa shape index (κ1) is 5.76. The normalized spacial score (nSPS) is 11.5. The minimum Gasteiger partial charge on any atom is -0.320 e. The first-order valence-corrected chi connectivity index (χ1v) is 4.80. The van der Waals surface area contributed by atoms with E-state index in [1.165, 1.54) is 0 Å². The van der Waals surface area contributed by atoms with Gasteiger partial charge in [-0.2, -0.15) is 11.1 Å². The molecule has 1 heterocycles. The molecule has 1 rings (SSSR count). The highest BCUT2D eigenvalue weighted by Crippen LogP contribution is 2.15. The van der Waals surface area contributed by atoms with Crippen molar-refractivity contribution in [1.29, 1.82) is 0 Å². The Morgan fingerprint density at radius 2 is 1.62 bits per heavy atom. The van der Waals surface area contributed by atoms with Gasteiger partial charge in [0.1, 0.15) is 0 Å². The standard InChI is InChI=1S/C6H11NS/c1-8(2)7-5-3-4-6-7/h3-6,8H,1-2H3. The summed E-state index contributed by atoms with van der Waals surface area (Å²) in [6.45, 7) is 0. The summed E-state index contributed by atoms with van der Waals surface area (Å²) in [4.78, 5) is 0. The number of nitrogens with zero attached hydrogens (tertiary/aromatic N) is 1. The van der Waals surface area contributed by atoms with E-state index >= 15 is 0 Å². The van der Waals surface area contributed by atoms with Crippen LogP contribution >= 0.6 is 11.1 Å². The zero-order valence-electron chi connectivity index (χ0n) is 5.20. The van der Waals surface area contributed by atoms with Crippen LogP contribution in [-0.4, -0.2) is 16.5 Å². The first-order valence-electron chi connectivity index (χ1n) is 2.61. The van der Waals surface area contributed by atoms with Gasteiger partial charge in [-0.15, -0.1) is 0 Å². The zero-order chi connectivity index (χ0) is 5.98. The lowest BCUT2D eigenvalue weighted by Crippen LogP contribution is -1.85. The third-order valence-electron chi connectivity index (χ3n) is 1.05. The Bertz CT molecular complexity index is 144. The fourth-order valence-electron chi connectivity index (χ4n) is 0.592. The third-order valence-corrected chi connectivity index (χ3v) is 2.24. The van der Waals surface area contributed by atoms with Crippen LogP contribution in [0.1, 0.15) is 0 Å². The highest BCUT2D eigenvalue weighted by atomic mass is 32.2. The summed E-state index contributed by atoms with van der Waals surface area (Å²) in [5.74, 6) is 0. The summed E-state index contributed by atoms with van der Waals surface area (Å²) in [5, 5.41) is 0. The van der Waals surface area contributed by atoms with E-state index in [4.69, 9.17) is 0 Å². The van der Waals surface area contributed by atoms with Crippen molar-refractivity contribution in [3.8, 4) is 0 Å². The SMILES string of the molecule is C[SH](C)n1cccc1. The van der Waals surface area contributed by atoms with E-state index in [9.17, 15) is 0 Å². The molecule has 1 aromatic heterocycles. The second-order valence-corrected chi connectivity index (χ2v) is 4.07.